The van der Waals surface area contributed by atoms with E-state index in [1.54, 1.807) is 11.4 Å². The standard InChI is InChI=1S/C9H10BrNO4S/c1-9(15,8(13)14)4-11-7(12)6-2-5(10)3-16-6/h2-3,15H,4H2,1H3,(H,11,12)(H,13,14). The van der Waals surface area contributed by atoms with Crippen LogP contribution < -0.4 is 5.32 Å². The van der Waals surface area contributed by atoms with Gasteiger partial charge in [-0.05, 0) is 28.9 Å². The SMILES string of the molecule is CC(O)(CNC(=O)c1cc(Br)cs1)C(=O)O. The average molecular weight is 308 g/mol. The molecule has 0 aliphatic heterocycles. The third-order valence-corrected chi connectivity index (χ3v) is 3.54. The number of hydrogen-bond donors (Lipinski definition) is 3. The van der Waals surface area contributed by atoms with Gasteiger partial charge in [-0.1, -0.05) is 0 Å². The van der Waals surface area contributed by atoms with Crippen molar-refractivity contribution in [1.29, 1.82) is 0 Å². The summed E-state index contributed by atoms with van der Waals surface area (Å²) in [5.74, 6) is -1.78. The molecule has 0 aliphatic carbocycles. The van der Waals surface area contributed by atoms with Gasteiger partial charge in [0, 0.05) is 9.85 Å². The molecule has 16 heavy (non-hydrogen) atoms. The van der Waals surface area contributed by atoms with Crippen molar-refractivity contribution in [3.63, 3.8) is 0 Å². The summed E-state index contributed by atoms with van der Waals surface area (Å²) in [4.78, 5) is 22.5. The Hall–Kier alpha value is -0.920. The van der Waals surface area contributed by atoms with Gasteiger partial charge in [0.05, 0.1) is 11.4 Å². The Kier molecular flexibility index (Phi) is 4.06. The van der Waals surface area contributed by atoms with Crippen LogP contribution >= 0.6 is 27.3 Å². The van der Waals surface area contributed by atoms with Gasteiger partial charge in [0.25, 0.3) is 5.91 Å². The Morgan fingerprint density at radius 3 is 2.69 bits per heavy atom. The molecule has 1 atom stereocenters. The van der Waals surface area contributed by atoms with Crippen LogP contribution in [0.2, 0.25) is 0 Å². The number of carboxylic acids is 1. The molecule has 5 nitrogen and oxygen atoms in total. The molecule has 0 spiro atoms. The molecular weight excluding hydrogens is 298 g/mol. The van der Waals surface area contributed by atoms with E-state index in [9.17, 15) is 14.7 Å². The lowest BCUT2D eigenvalue weighted by atomic mass is 10.1. The minimum absolute atomic E-state index is 0.337. The minimum atomic E-state index is -1.95. The first kappa shape index (κ1) is 13.1. The fourth-order valence-electron chi connectivity index (χ4n) is 0.847. The molecule has 88 valence electrons. The Morgan fingerprint density at radius 1 is 1.62 bits per heavy atom. The molecule has 0 aromatic carbocycles. The fraction of sp³-hybridized carbons (Fsp3) is 0.333. The molecule has 0 saturated carbocycles. The first-order chi connectivity index (χ1) is 7.33. The van der Waals surface area contributed by atoms with Crippen molar-refractivity contribution < 1.29 is 19.8 Å². The number of carbonyl (C=O) groups excluding carboxylic acids is 1. The maximum atomic E-state index is 11.5. The molecule has 0 radical (unpaired) electrons. The molecular formula is C9H10BrNO4S. The number of carboxylic acid groups (broad SMARTS) is 1. The Bertz CT molecular complexity index is 415. The lowest BCUT2D eigenvalue weighted by Crippen LogP contribution is -2.46. The molecule has 1 aromatic heterocycles. The lowest BCUT2D eigenvalue weighted by molar-refractivity contribution is -0.155. The van der Waals surface area contributed by atoms with Crippen molar-refractivity contribution in [3.8, 4) is 0 Å². The summed E-state index contributed by atoms with van der Waals surface area (Å²) < 4.78 is 0.785. The molecule has 1 unspecified atom stereocenters. The van der Waals surface area contributed by atoms with Gasteiger partial charge < -0.3 is 15.5 Å². The van der Waals surface area contributed by atoms with Gasteiger partial charge in [0.1, 0.15) is 0 Å². The Balaban J connectivity index is 2.57. The highest BCUT2D eigenvalue weighted by Gasteiger charge is 2.30. The number of halogens is 1. The van der Waals surface area contributed by atoms with Crippen molar-refractivity contribution in [2.45, 2.75) is 12.5 Å². The third kappa shape index (κ3) is 3.29. The molecule has 0 saturated heterocycles. The molecule has 1 amide bonds. The van der Waals surface area contributed by atoms with Crippen molar-refractivity contribution in [1.82, 2.24) is 5.32 Å². The Morgan fingerprint density at radius 2 is 2.25 bits per heavy atom. The summed E-state index contributed by atoms with van der Waals surface area (Å²) in [5, 5.41) is 22.1. The van der Waals surface area contributed by atoms with Gasteiger partial charge in [0.15, 0.2) is 5.60 Å². The van der Waals surface area contributed by atoms with Crippen molar-refractivity contribution in [2.24, 2.45) is 0 Å². The van der Waals surface area contributed by atoms with E-state index in [4.69, 9.17) is 5.11 Å². The molecule has 1 heterocycles. The van der Waals surface area contributed by atoms with Crippen LogP contribution in [0.15, 0.2) is 15.9 Å². The first-order valence-corrected chi connectivity index (χ1v) is 5.98. The van der Waals surface area contributed by atoms with Crippen molar-refractivity contribution >= 4 is 39.1 Å². The zero-order valence-electron chi connectivity index (χ0n) is 8.36. The molecule has 7 heteroatoms. The largest absolute Gasteiger partial charge is 0.479 e. The first-order valence-electron chi connectivity index (χ1n) is 4.31. The Labute approximate surface area is 104 Å². The van der Waals surface area contributed by atoms with E-state index in [-0.39, 0.29) is 6.54 Å². The quantitative estimate of drug-likeness (QED) is 0.777. The van der Waals surface area contributed by atoms with Gasteiger partial charge in [-0.2, -0.15) is 0 Å². The number of nitrogens with one attached hydrogen (secondary N) is 1. The summed E-state index contributed by atoms with van der Waals surface area (Å²) in [7, 11) is 0. The summed E-state index contributed by atoms with van der Waals surface area (Å²) in [5.41, 5.74) is -1.95. The molecule has 0 aliphatic rings. The van der Waals surface area contributed by atoms with E-state index in [0.29, 0.717) is 4.88 Å². The average Bonchev–Trinajstić information content (AvgIpc) is 2.61. The summed E-state index contributed by atoms with van der Waals surface area (Å²) in [6.07, 6.45) is 0. The van der Waals surface area contributed by atoms with Gasteiger partial charge in [-0.15, -0.1) is 11.3 Å². The van der Waals surface area contributed by atoms with E-state index < -0.39 is 17.5 Å². The van der Waals surface area contributed by atoms with Crippen LogP contribution in [0.3, 0.4) is 0 Å². The highest BCUT2D eigenvalue weighted by molar-refractivity contribution is 9.10. The second kappa shape index (κ2) is 4.94. The fourth-order valence-corrected chi connectivity index (χ4v) is 2.19. The lowest BCUT2D eigenvalue weighted by Gasteiger charge is -2.17. The maximum absolute atomic E-state index is 11.5. The van der Waals surface area contributed by atoms with Gasteiger partial charge in [-0.25, -0.2) is 4.79 Å². The molecule has 0 fully saturated rings. The number of hydrogen-bond acceptors (Lipinski definition) is 4. The van der Waals surface area contributed by atoms with E-state index in [1.165, 1.54) is 11.3 Å². The van der Waals surface area contributed by atoms with Crippen molar-refractivity contribution in [3.05, 3.63) is 20.8 Å². The zero-order valence-corrected chi connectivity index (χ0v) is 10.8. The van der Waals surface area contributed by atoms with Crippen LogP contribution in [0.5, 0.6) is 0 Å². The number of thiophene rings is 1. The number of rotatable bonds is 4. The molecule has 3 N–H and O–H groups in total. The van der Waals surface area contributed by atoms with E-state index in [2.05, 4.69) is 21.2 Å². The second-order valence-electron chi connectivity index (χ2n) is 3.39. The number of carbonyl (C=O) groups is 2. The van der Waals surface area contributed by atoms with Gasteiger partial charge in [0.2, 0.25) is 0 Å². The number of aliphatic hydroxyl groups is 1. The summed E-state index contributed by atoms with van der Waals surface area (Å²) in [6.45, 7) is 0.788. The predicted octanol–water partition coefficient (Wildman–Crippen LogP) is 1.08. The molecule has 1 rings (SSSR count). The predicted molar refractivity (Wildman–Crippen MR) is 62.6 cm³/mol. The maximum Gasteiger partial charge on any atom is 0.337 e. The van der Waals surface area contributed by atoms with Crippen molar-refractivity contribution in [2.75, 3.05) is 6.54 Å². The zero-order chi connectivity index (χ0) is 12.3. The molecule has 1 aromatic rings. The molecule has 0 bridgehead atoms. The van der Waals surface area contributed by atoms with Crippen LogP contribution in [-0.4, -0.2) is 34.2 Å². The van der Waals surface area contributed by atoms with Gasteiger partial charge in [-0.3, -0.25) is 4.79 Å². The number of aliphatic carboxylic acids is 1. The van der Waals surface area contributed by atoms with Gasteiger partial charge >= 0.3 is 5.97 Å². The number of amides is 1. The summed E-state index contributed by atoms with van der Waals surface area (Å²) in [6, 6.07) is 1.62. The minimum Gasteiger partial charge on any atom is -0.479 e. The topological polar surface area (TPSA) is 86.6 Å². The van der Waals surface area contributed by atoms with Crippen LogP contribution in [0.1, 0.15) is 16.6 Å². The third-order valence-electron chi connectivity index (χ3n) is 1.85. The van der Waals surface area contributed by atoms with Crippen LogP contribution in [0.25, 0.3) is 0 Å². The highest BCUT2D eigenvalue weighted by atomic mass is 79.9. The summed E-state index contributed by atoms with van der Waals surface area (Å²) >= 11 is 4.43. The van der Waals surface area contributed by atoms with E-state index in [0.717, 1.165) is 11.4 Å². The van der Waals surface area contributed by atoms with Crippen LogP contribution in [0, 0.1) is 0 Å². The van der Waals surface area contributed by atoms with E-state index >= 15 is 0 Å². The highest BCUT2D eigenvalue weighted by Crippen LogP contribution is 2.19. The monoisotopic (exact) mass is 307 g/mol. The second-order valence-corrected chi connectivity index (χ2v) is 5.22. The smallest absolute Gasteiger partial charge is 0.337 e. The van der Waals surface area contributed by atoms with E-state index in [1.807, 2.05) is 0 Å². The van der Waals surface area contributed by atoms with Crippen LogP contribution in [0.4, 0.5) is 0 Å². The normalized spacial score (nSPS) is 14.2. The van der Waals surface area contributed by atoms with Crippen LogP contribution in [-0.2, 0) is 4.79 Å².